The van der Waals surface area contributed by atoms with E-state index in [2.05, 4.69) is 5.32 Å². The number of carbonyl (C=O) groups is 2. The number of benzene rings is 1. The Kier molecular flexibility index (Phi) is 4.98. The molecule has 2 amide bonds. The van der Waals surface area contributed by atoms with E-state index in [0.29, 0.717) is 17.3 Å². The molecule has 2 rings (SSSR count). The van der Waals surface area contributed by atoms with Crippen molar-refractivity contribution < 1.29 is 14.5 Å². The standard InChI is InChI=1S/C14H18ClN3O2/c15-11-3-1-2-4-12(11)17-13(19)9-18-7-5-10(6-8-18)14(16)20/h1-4,10H,5-9H2,(H2,16,20)(H,17,19)/p+1. The second kappa shape index (κ2) is 6.72. The Labute approximate surface area is 123 Å². The van der Waals surface area contributed by atoms with Gasteiger partial charge in [-0.25, -0.2) is 0 Å². The normalized spacial score (nSPS) is 22.2. The van der Waals surface area contributed by atoms with Gasteiger partial charge in [-0.2, -0.15) is 0 Å². The third-order valence-electron chi connectivity index (χ3n) is 3.65. The van der Waals surface area contributed by atoms with Crippen molar-refractivity contribution in [2.24, 2.45) is 11.7 Å². The molecule has 108 valence electrons. The fraction of sp³-hybridized carbons (Fsp3) is 0.429. The van der Waals surface area contributed by atoms with Gasteiger partial charge < -0.3 is 16.0 Å². The molecule has 6 heteroatoms. The molecule has 1 aromatic carbocycles. The van der Waals surface area contributed by atoms with Gasteiger partial charge >= 0.3 is 0 Å². The number of para-hydroxylation sites is 1. The molecule has 5 nitrogen and oxygen atoms in total. The van der Waals surface area contributed by atoms with E-state index >= 15 is 0 Å². The Balaban J connectivity index is 1.81. The average Bonchev–Trinajstić information content (AvgIpc) is 2.42. The summed E-state index contributed by atoms with van der Waals surface area (Å²) in [5.41, 5.74) is 5.92. The van der Waals surface area contributed by atoms with E-state index in [-0.39, 0.29) is 17.7 Å². The summed E-state index contributed by atoms with van der Waals surface area (Å²) in [4.78, 5) is 24.2. The van der Waals surface area contributed by atoms with Crippen LogP contribution in [0.25, 0.3) is 0 Å². The third-order valence-corrected chi connectivity index (χ3v) is 3.98. The van der Waals surface area contributed by atoms with Gasteiger partial charge in [0.15, 0.2) is 6.54 Å². The highest BCUT2D eigenvalue weighted by Gasteiger charge is 2.27. The lowest BCUT2D eigenvalue weighted by Crippen LogP contribution is -3.14. The van der Waals surface area contributed by atoms with E-state index in [0.717, 1.165) is 25.9 Å². The summed E-state index contributed by atoms with van der Waals surface area (Å²) in [6.07, 6.45) is 1.51. The number of nitrogens with two attached hydrogens (primary N) is 1. The highest BCUT2D eigenvalue weighted by molar-refractivity contribution is 6.33. The SMILES string of the molecule is NC(=O)C1CC[NH+](CC(=O)Nc2ccccc2Cl)CC1. The van der Waals surface area contributed by atoms with Crippen molar-refractivity contribution >= 4 is 29.1 Å². The van der Waals surface area contributed by atoms with Crippen LogP contribution in [0.2, 0.25) is 5.02 Å². The molecule has 1 aromatic rings. The molecule has 1 fully saturated rings. The maximum atomic E-state index is 12.0. The van der Waals surface area contributed by atoms with Crippen LogP contribution in [-0.4, -0.2) is 31.4 Å². The van der Waals surface area contributed by atoms with E-state index in [1.165, 1.54) is 4.90 Å². The Morgan fingerprint density at radius 1 is 1.30 bits per heavy atom. The topological polar surface area (TPSA) is 76.6 Å². The van der Waals surface area contributed by atoms with Gasteiger partial charge in [-0.3, -0.25) is 9.59 Å². The number of piperidine rings is 1. The molecule has 1 aliphatic rings. The monoisotopic (exact) mass is 296 g/mol. The van der Waals surface area contributed by atoms with Gasteiger partial charge in [-0.15, -0.1) is 0 Å². The summed E-state index contributed by atoms with van der Waals surface area (Å²) in [7, 11) is 0. The quantitative estimate of drug-likeness (QED) is 0.735. The van der Waals surface area contributed by atoms with Crippen LogP contribution >= 0.6 is 11.6 Å². The smallest absolute Gasteiger partial charge is 0.279 e. The van der Waals surface area contributed by atoms with Gasteiger partial charge in [0.2, 0.25) is 5.91 Å². The molecular formula is C14H19ClN3O2+. The Bertz CT molecular complexity index is 499. The molecule has 1 aliphatic heterocycles. The maximum Gasteiger partial charge on any atom is 0.279 e. The van der Waals surface area contributed by atoms with Gasteiger partial charge in [0.05, 0.1) is 23.8 Å². The summed E-state index contributed by atoms with van der Waals surface area (Å²) in [5.74, 6) is -0.333. The highest BCUT2D eigenvalue weighted by atomic mass is 35.5. The predicted octanol–water partition coefficient (Wildman–Crippen LogP) is 0.0587. The van der Waals surface area contributed by atoms with Gasteiger partial charge in [0, 0.05) is 18.8 Å². The first kappa shape index (κ1) is 14.8. The van der Waals surface area contributed by atoms with Crippen molar-refractivity contribution in [3.05, 3.63) is 29.3 Å². The summed E-state index contributed by atoms with van der Waals surface area (Å²) in [6, 6.07) is 7.15. The minimum Gasteiger partial charge on any atom is -0.369 e. The van der Waals surface area contributed by atoms with Crippen LogP contribution < -0.4 is 16.0 Å². The van der Waals surface area contributed by atoms with Crippen LogP contribution in [0.15, 0.2) is 24.3 Å². The minimum atomic E-state index is -0.232. The molecule has 0 radical (unpaired) electrons. The van der Waals surface area contributed by atoms with Crippen LogP contribution in [0.3, 0.4) is 0 Å². The lowest BCUT2D eigenvalue weighted by Gasteiger charge is -2.27. The molecular weight excluding hydrogens is 278 g/mol. The zero-order valence-corrected chi connectivity index (χ0v) is 12.0. The lowest BCUT2D eigenvalue weighted by molar-refractivity contribution is -0.897. The van der Waals surface area contributed by atoms with E-state index in [9.17, 15) is 9.59 Å². The number of amides is 2. The number of anilines is 1. The van der Waals surface area contributed by atoms with E-state index in [4.69, 9.17) is 17.3 Å². The predicted molar refractivity (Wildman–Crippen MR) is 77.6 cm³/mol. The van der Waals surface area contributed by atoms with E-state index in [1.807, 2.05) is 12.1 Å². The van der Waals surface area contributed by atoms with E-state index < -0.39 is 0 Å². The Morgan fingerprint density at radius 3 is 2.55 bits per heavy atom. The van der Waals surface area contributed by atoms with Gasteiger partial charge in [0.25, 0.3) is 5.91 Å². The highest BCUT2D eigenvalue weighted by Crippen LogP contribution is 2.19. The van der Waals surface area contributed by atoms with Crippen molar-refractivity contribution in [3.8, 4) is 0 Å². The summed E-state index contributed by atoms with van der Waals surface area (Å²) in [6.45, 7) is 1.98. The van der Waals surface area contributed by atoms with Crippen molar-refractivity contribution in [2.75, 3.05) is 25.0 Å². The molecule has 0 bridgehead atoms. The molecule has 1 saturated heterocycles. The van der Waals surface area contributed by atoms with Crippen molar-refractivity contribution in [1.82, 2.24) is 0 Å². The number of hydrogen-bond acceptors (Lipinski definition) is 2. The number of nitrogens with one attached hydrogen (secondary N) is 2. The van der Waals surface area contributed by atoms with Gasteiger partial charge in [-0.05, 0) is 12.1 Å². The average molecular weight is 297 g/mol. The van der Waals surface area contributed by atoms with E-state index in [1.54, 1.807) is 12.1 Å². The number of primary amides is 1. The van der Waals surface area contributed by atoms with Gasteiger partial charge in [-0.1, -0.05) is 23.7 Å². The number of rotatable bonds is 4. The fourth-order valence-corrected chi connectivity index (χ4v) is 2.65. The number of quaternary nitrogens is 1. The first-order chi connectivity index (χ1) is 9.56. The largest absolute Gasteiger partial charge is 0.369 e. The second-order valence-corrected chi connectivity index (χ2v) is 5.54. The lowest BCUT2D eigenvalue weighted by atomic mass is 9.96. The molecule has 4 N–H and O–H groups in total. The Morgan fingerprint density at radius 2 is 1.95 bits per heavy atom. The van der Waals surface area contributed by atoms with Crippen LogP contribution in [0.4, 0.5) is 5.69 Å². The number of hydrogen-bond donors (Lipinski definition) is 3. The first-order valence-electron chi connectivity index (χ1n) is 6.73. The van der Waals surface area contributed by atoms with Gasteiger partial charge in [0.1, 0.15) is 0 Å². The molecule has 1 heterocycles. The maximum absolute atomic E-state index is 12.0. The van der Waals surface area contributed by atoms with Crippen molar-refractivity contribution in [1.29, 1.82) is 0 Å². The molecule has 0 saturated carbocycles. The summed E-state index contributed by atoms with van der Waals surface area (Å²) in [5, 5.41) is 3.34. The second-order valence-electron chi connectivity index (χ2n) is 5.13. The summed E-state index contributed by atoms with van der Waals surface area (Å²) < 4.78 is 0. The third kappa shape index (κ3) is 3.95. The molecule has 20 heavy (non-hydrogen) atoms. The molecule has 0 unspecified atom stereocenters. The zero-order valence-electron chi connectivity index (χ0n) is 11.2. The zero-order chi connectivity index (χ0) is 14.5. The minimum absolute atomic E-state index is 0.0367. The number of likely N-dealkylation sites (tertiary alicyclic amines) is 1. The van der Waals surface area contributed by atoms with Crippen LogP contribution in [0.5, 0.6) is 0 Å². The Hall–Kier alpha value is -1.59. The summed E-state index contributed by atoms with van der Waals surface area (Å²) >= 11 is 5.99. The van der Waals surface area contributed by atoms with Crippen molar-refractivity contribution in [2.45, 2.75) is 12.8 Å². The van der Waals surface area contributed by atoms with Crippen LogP contribution in [-0.2, 0) is 9.59 Å². The number of halogens is 1. The first-order valence-corrected chi connectivity index (χ1v) is 7.11. The molecule has 0 aromatic heterocycles. The number of carbonyl (C=O) groups excluding carboxylic acids is 2. The molecule has 0 atom stereocenters. The molecule has 0 aliphatic carbocycles. The van der Waals surface area contributed by atoms with Crippen molar-refractivity contribution in [3.63, 3.8) is 0 Å². The molecule has 0 spiro atoms. The fourth-order valence-electron chi connectivity index (χ4n) is 2.47. The van der Waals surface area contributed by atoms with Crippen LogP contribution in [0, 0.1) is 5.92 Å². The van der Waals surface area contributed by atoms with Crippen LogP contribution in [0.1, 0.15) is 12.8 Å².